The van der Waals surface area contributed by atoms with Crippen LogP contribution in [-0.2, 0) is 0 Å². The smallest absolute Gasteiger partial charge is 0.124 e. The van der Waals surface area contributed by atoms with Crippen LogP contribution in [0, 0.1) is 0 Å². The Balaban J connectivity index is 2.23. The van der Waals surface area contributed by atoms with Gasteiger partial charge < -0.3 is 15.4 Å². The van der Waals surface area contributed by atoms with E-state index in [0.717, 1.165) is 25.3 Å². The quantitative estimate of drug-likeness (QED) is 0.788. The van der Waals surface area contributed by atoms with E-state index in [2.05, 4.69) is 16.7 Å². The Hall–Kier alpha value is -1.22. The highest BCUT2D eigenvalue weighted by Crippen LogP contribution is 2.39. The molecule has 1 aliphatic rings. The van der Waals surface area contributed by atoms with Gasteiger partial charge in [-0.05, 0) is 32.1 Å². The molecule has 1 atom stereocenters. The highest BCUT2D eigenvalue weighted by molar-refractivity contribution is 5.63. The van der Waals surface area contributed by atoms with Crippen LogP contribution in [0.5, 0.6) is 5.75 Å². The fraction of sp³-hybridized carbons (Fsp3) is 0.500. The maximum absolute atomic E-state index is 5.41. The molecule has 2 rings (SSSR count). The van der Waals surface area contributed by atoms with Gasteiger partial charge in [0, 0.05) is 23.7 Å². The number of ether oxygens (including phenoxy) is 1. The Morgan fingerprint density at radius 1 is 1.53 bits per heavy atom. The second-order valence-electron chi connectivity index (χ2n) is 3.89. The average molecular weight is 206 g/mol. The molecule has 0 fully saturated rings. The molecule has 1 heterocycles. The summed E-state index contributed by atoms with van der Waals surface area (Å²) in [5, 5.41) is 6.62. The SMILES string of the molecule is CNCC[C@H]1CNc2cccc(OC)c21. The lowest BCUT2D eigenvalue weighted by molar-refractivity contribution is 0.406. The van der Waals surface area contributed by atoms with Crippen LogP contribution < -0.4 is 15.4 Å². The molecule has 0 saturated heterocycles. The van der Waals surface area contributed by atoms with Crippen molar-refractivity contribution in [2.24, 2.45) is 0 Å². The Morgan fingerprint density at radius 3 is 3.13 bits per heavy atom. The summed E-state index contributed by atoms with van der Waals surface area (Å²) in [5.74, 6) is 1.59. The van der Waals surface area contributed by atoms with E-state index in [4.69, 9.17) is 4.74 Å². The van der Waals surface area contributed by atoms with Crippen molar-refractivity contribution in [1.29, 1.82) is 0 Å². The number of rotatable bonds is 4. The lowest BCUT2D eigenvalue weighted by Crippen LogP contribution is -2.13. The fourth-order valence-corrected chi connectivity index (χ4v) is 2.20. The Labute approximate surface area is 90.8 Å². The van der Waals surface area contributed by atoms with E-state index in [9.17, 15) is 0 Å². The van der Waals surface area contributed by atoms with Gasteiger partial charge in [-0.25, -0.2) is 0 Å². The minimum atomic E-state index is 0.573. The van der Waals surface area contributed by atoms with Gasteiger partial charge >= 0.3 is 0 Å². The van der Waals surface area contributed by atoms with Crippen LogP contribution in [0.15, 0.2) is 18.2 Å². The molecule has 2 N–H and O–H groups in total. The fourth-order valence-electron chi connectivity index (χ4n) is 2.20. The highest BCUT2D eigenvalue weighted by Gasteiger charge is 2.24. The van der Waals surface area contributed by atoms with Crippen molar-refractivity contribution in [3.05, 3.63) is 23.8 Å². The van der Waals surface area contributed by atoms with E-state index >= 15 is 0 Å². The molecular weight excluding hydrogens is 188 g/mol. The summed E-state index contributed by atoms with van der Waals surface area (Å²) in [6.07, 6.45) is 1.15. The van der Waals surface area contributed by atoms with Crippen molar-refractivity contribution < 1.29 is 4.74 Å². The number of hydrogen-bond donors (Lipinski definition) is 2. The van der Waals surface area contributed by atoms with Crippen molar-refractivity contribution in [3.8, 4) is 5.75 Å². The van der Waals surface area contributed by atoms with Crippen molar-refractivity contribution in [1.82, 2.24) is 5.32 Å². The first kappa shape index (κ1) is 10.3. The van der Waals surface area contributed by atoms with Gasteiger partial charge in [0.05, 0.1) is 7.11 Å². The van der Waals surface area contributed by atoms with Gasteiger partial charge in [-0.15, -0.1) is 0 Å². The number of benzene rings is 1. The zero-order chi connectivity index (χ0) is 10.7. The molecule has 0 radical (unpaired) electrons. The largest absolute Gasteiger partial charge is 0.496 e. The van der Waals surface area contributed by atoms with Crippen LogP contribution in [0.4, 0.5) is 5.69 Å². The summed E-state index contributed by atoms with van der Waals surface area (Å²) >= 11 is 0. The summed E-state index contributed by atoms with van der Waals surface area (Å²) in [6, 6.07) is 6.19. The average Bonchev–Trinajstić information content (AvgIpc) is 2.69. The minimum Gasteiger partial charge on any atom is -0.496 e. The van der Waals surface area contributed by atoms with Crippen LogP contribution in [0.3, 0.4) is 0 Å². The molecule has 0 bridgehead atoms. The molecule has 0 amide bonds. The standard InChI is InChI=1S/C12H18N2O/c1-13-7-6-9-8-14-10-4-3-5-11(15-2)12(9)10/h3-5,9,13-14H,6-8H2,1-2H3/t9-/m0/s1. The Bertz CT molecular complexity index is 338. The third kappa shape index (κ3) is 1.92. The molecule has 82 valence electrons. The maximum atomic E-state index is 5.41. The van der Waals surface area contributed by atoms with Crippen LogP contribution in [0.1, 0.15) is 17.9 Å². The molecule has 1 aromatic rings. The van der Waals surface area contributed by atoms with E-state index in [1.54, 1.807) is 7.11 Å². The zero-order valence-electron chi connectivity index (χ0n) is 9.34. The molecule has 1 aromatic carbocycles. The normalized spacial score (nSPS) is 18.4. The third-order valence-electron chi connectivity index (χ3n) is 2.98. The van der Waals surface area contributed by atoms with Gasteiger partial charge in [-0.2, -0.15) is 0 Å². The van der Waals surface area contributed by atoms with Crippen LogP contribution >= 0.6 is 0 Å². The first-order valence-corrected chi connectivity index (χ1v) is 5.42. The molecule has 0 spiro atoms. The van der Waals surface area contributed by atoms with Crippen LogP contribution in [-0.4, -0.2) is 27.2 Å². The number of hydrogen-bond acceptors (Lipinski definition) is 3. The predicted octanol–water partition coefficient (Wildman–Crippen LogP) is 1.81. The lowest BCUT2D eigenvalue weighted by atomic mass is 9.97. The first-order valence-electron chi connectivity index (χ1n) is 5.42. The monoisotopic (exact) mass is 206 g/mol. The molecule has 15 heavy (non-hydrogen) atoms. The molecule has 0 saturated carbocycles. The summed E-state index contributed by atoms with van der Waals surface area (Å²) < 4.78 is 5.41. The number of anilines is 1. The van der Waals surface area contributed by atoms with Gasteiger partial charge in [0.1, 0.15) is 5.75 Å². The number of nitrogens with one attached hydrogen (secondary N) is 2. The summed E-state index contributed by atoms with van der Waals surface area (Å²) in [6.45, 7) is 2.07. The van der Waals surface area contributed by atoms with Crippen molar-refractivity contribution >= 4 is 5.69 Å². The van der Waals surface area contributed by atoms with Gasteiger partial charge in [0.15, 0.2) is 0 Å². The van der Waals surface area contributed by atoms with Crippen LogP contribution in [0.25, 0.3) is 0 Å². The van der Waals surface area contributed by atoms with Crippen LogP contribution in [0.2, 0.25) is 0 Å². The van der Waals surface area contributed by atoms with Gasteiger partial charge in [-0.3, -0.25) is 0 Å². The molecular formula is C12H18N2O. The predicted molar refractivity (Wildman–Crippen MR) is 62.8 cm³/mol. The molecule has 0 aromatic heterocycles. The molecule has 0 aliphatic carbocycles. The topological polar surface area (TPSA) is 33.3 Å². The van der Waals surface area contributed by atoms with Crippen molar-refractivity contribution in [2.75, 3.05) is 32.6 Å². The van der Waals surface area contributed by atoms with E-state index in [1.807, 2.05) is 19.2 Å². The Morgan fingerprint density at radius 2 is 2.40 bits per heavy atom. The van der Waals surface area contributed by atoms with Gasteiger partial charge in [-0.1, -0.05) is 6.07 Å². The van der Waals surface area contributed by atoms with E-state index in [-0.39, 0.29) is 0 Å². The summed E-state index contributed by atoms with van der Waals surface area (Å²) in [7, 11) is 3.73. The number of methoxy groups -OCH3 is 1. The summed E-state index contributed by atoms with van der Waals surface area (Å²) in [4.78, 5) is 0. The Kier molecular flexibility index (Phi) is 3.11. The second-order valence-corrected chi connectivity index (χ2v) is 3.89. The van der Waals surface area contributed by atoms with Gasteiger partial charge in [0.2, 0.25) is 0 Å². The summed E-state index contributed by atoms with van der Waals surface area (Å²) in [5.41, 5.74) is 2.57. The highest BCUT2D eigenvalue weighted by atomic mass is 16.5. The molecule has 0 unspecified atom stereocenters. The van der Waals surface area contributed by atoms with Crippen molar-refractivity contribution in [3.63, 3.8) is 0 Å². The molecule has 3 nitrogen and oxygen atoms in total. The van der Waals surface area contributed by atoms with Crippen molar-refractivity contribution in [2.45, 2.75) is 12.3 Å². The third-order valence-corrected chi connectivity index (χ3v) is 2.98. The van der Waals surface area contributed by atoms with E-state index < -0.39 is 0 Å². The van der Waals surface area contributed by atoms with E-state index in [1.165, 1.54) is 11.3 Å². The first-order chi connectivity index (χ1) is 7.36. The zero-order valence-corrected chi connectivity index (χ0v) is 9.34. The van der Waals surface area contributed by atoms with Gasteiger partial charge in [0.25, 0.3) is 0 Å². The lowest BCUT2D eigenvalue weighted by Gasteiger charge is -2.13. The number of fused-ring (bicyclic) bond motifs is 1. The minimum absolute atomic E-state index is 0.573. The molecule has 1 aliphatic heterocycles. The molecule has 3 heteroatoms. The second kappa shape index (κ2) is 4.53. The maximum Gasteiger partial charge on any atom is 0.124 e. The van der Waals surface area contributed by atoms with E-state index in [0.29, 0.717) is 5.92 Å².